The average Bonchev–Trinajstić information content (AvgIpc) is 2.68. The van der Waals surface area contributed by atoms with Gasteiger partial charge in [0, 0.05) is 12.2 Å². The summed E-state index contributed by atoms with van der Waals surface area (Å²) >= 11 is 0. The number of carbonyl (C=O) groups excluding carboxylic acids is 1. The highest BCUT2D eigenvalue weighted by atomic mass is 16.5. The first-order chi connectivity index (χ1) is 13.9. The third kappa shape index (κ3) is 5.57. The van der Waals surface area contributed by atoms with Crippen LogP contribution in [-0.2, 0) is 13.0 Å². The second-order valence-electron chi connectivity index (χ2n) is 7.52. The van der Waals surface area contributed by atoms with E-state index in [9.17, 15) is 4.79 Å². The van der Waals surface area contributed by atoms with Gasteiger partial charge in [0.25, 0.3) is 5.91 Å². The summed E-state index contributed by atoms with van der Waals surface area (Å²) in [6.45, 7) is 6.62. The molecule has 0 radical (unpaired) electrons. The highest BCUT2D eigenvalue weighted by molar-refractivity contribution is 5.98. The maximum absolute atomic E-state index is 12.3. The second-order valence-corrected chi connectivity index (χ2v) is 7.52. The zero-order chi connectivity index (χ0) is 20.8. The Hall–Kier alpha value is -3.34. The molecule has 5 nitrogen and oxygen atoms in total. The molecule has 0 spiro atoms. The minimum absolute atomic E-state index is 0.238. The number of benzene rings is 2. The van der Waals surface area contributed by atoms with E-state index >= 15 is 0 Å². The fourth-order valence-corrected chi connectivity index (χ4v) is 3.06. The van der Waals surface area contributed by atoms with E-state index in [4.69, 9.17) is 10.5 Å². The maximum Gasteiger partial charge on any atom is 0.255 e. The van der Waals surface area contributed by atoms with Crippen LogP contribution < -0.4 is 15.8 Å². The molecule has 0 aliphatic rings. The van der Waals surface area contributed by atoms with E-state index in [0.29, 0.717) is 18.0 Å². The molecule has 3 rings (SSSR count). The predicted octanol–water partition coefficient (Wildman–Crippen LogP) is 4.89. The molecule has 1 aromatic heterocycles. The molecule has 2 aromatic carbocycles. The van der Waals surface area contributed by atoms with Gasteiger partial charge in [-0.15, -0.1) is 0 Å². The molecule has 0 saturated heterocycles. The lowest BCUT2D eigenvalue weighted by Crippen LogP contribution is -2.24. The van der Waals surface area contributed by atoms with Crippen molar-refractivity contribution < 1.29 is 9.53 Å². The van der Waals surface area contributed by atoms with E-state index in [1.165, 1.54) is 5.56 Å². The SMILES string of the molecule is Cc1ccc(C(=O)NCc2ccc(Oc3ccccc3CC(C)C)cc2)c(N)n1. The Balaban J connectivity index is 1.61. The molecule has 1 heterocycles. The zero-order valence-electron chi connectivity index (χ0n) is 17.1. The molecule has 1 amide bonds. The molecule has 5 heteroatoms. The van der Waals surface area contributed by atoms with Crippen molar-refractivity contribution >= 4 is 11.7 Å². The molecule has 0 aliphatic heterocycles. The number of hydrogen-bond donors (Lipinski definition) is 2. The van der Waals surface area contributed by atoms with Gasteiger partial charge in [0.05, 0.1) is 5.56 Å². The maximum atomic E-state index is 12.3. The van der Waals surface area contributed by atoms with Gasteiger partial charge in [-0.05, 0) is 60.7 Å². The zero-order valence-corrected chi connectivity index (χ0v) is 17.1. The molecule has 0 unspecified atom stereocenters. The number of amides is 1. The number of rotatable bonds is 7. The van der Waals surface area contributed by atoms with E-state index in [-0.39, 0.29) is 11.7 Å². The molecular formula is C24H27N3O2. The Morgan fingerprint density at radius 3 is 2.48 bits per heavy atom. The lowest BCUT2D eigenvalue weighted by molar-refractivity contribution is 0.0951. The van der Waals surface area contributed by atoms with Gasteiger partial charge < -0.3 is 15.8 Å². The number of ether oxygens (including phenoxy) is 1. The molecule has 3 N–H and O–H groups in total. The minimum atomic E-state index is -0.238. The van der Waals surface area contributed by atoms with Crippen molar-refractivity contribution in [1.82, 2.24) is 10.3 Å². The van der Waals surface area contributed by atoms with Gasteiger partial charge in [-0.25, -0.2) is 4.98 Å². The van der Waals surface area contributed by atoms with Crippen molar-refractivity contribution in [3.05, 3.63) is 83.0 Å². The smallest absolute Gasteiger partial charge is 0.255 e. The second kappa shape index (κ2) is 9.24. The van der Waals surface area contributed by atoms with Crippen LogP contribution in [0.25, 0.3) is 0 Å². The Labute approximate surface area is 171 Å². The van der Waals surface area contributed by atoms with Crippen LogP contribution in [0.1, 0.15) is 41.0 Å². The predicted molar refractivity (Wildman–Crippen MR) is 116 cm³/mol. The number of nitrogens with two attached hydrogens (primary N) is 1. The first-order valence-corrected chi connectivity index (χ1v) is 9.78. The molecule has 29 heavy (non-hydrogen) atoms. The highest BCUT2D eigenvalue weighted by Crippen LogP contribution is 2.27. The number of aryl methyl sites for hydroxylation is 1. The Morgan fingerprint density at radius 2 is 1.79 bits per heavy atom. The molecular weight excluding hydrogens is 362 g/mol. The first-order valence-electron chi connectivity index (χ1n) is 9.78. The third-order valence-electron chi connectivity index (χ3n) is 4.51. The normalized spacial score (nSPS) is 10.8. The lowest BCUT2D eigenvalue weighted by atomic mass is 10.0. The number of para-hydroxylation sites is 1. The molecule has 150 valence electrons. The number of aromatic nitrogens is 1. The number of nitrogens with one attached hydrogen (secondary N) is 1. The van der Waals surface area contributed by atoms with E-state index in [0.717, 1.165) is 29.2 Å². The van der Waals surface area contributed by atoms with E-state index in [2.05, 4.69) is 30.2 Å². The van der Waals surface area contributed by atoms with Crippen molar-refractivity contribution in [2.24, 2.45) is 5.92 Å². The lowest BCUT2D eigenvalue weighted by Gasteiger charge is -2.13. The topological polar surface area (TPSA) is 77.2 Å². The van der Waals surface area contributed by atoms with E-state index in [1.807, 2.05) is 49.4 Å². The molecule has 3 aromatic rings. The highest BCUT2D eigenvalue weighted by Gasteiger charge is 2.11. The van der Waals surface area contributed by atoms with Gasteiger partial charge >= 0.3 is 0 Å². The van der Waals surface area contributed by atoms with Crippen molar-refractivity contribution in [1.29, 1.82) is 0 Å². The van der Waals surface area contributed by atoms with Gasteiger partial charge in [-0.3, -0.25) is 4.79 Å². The van der Waals surface area contributed by atoms with Crippen molar-refractivity contribution in [3.8, 4) is 11.5 Å². The Morgan fingerprint density at radius 1 is 1.07 bits per heavy atom. The van der Waals surface area contributed by atoms with Crippen molar-refractivity contribution in [2.75, 3.05) is 5.73 Å². The van der Waals surface area contributed by atoms with Gasteiger partial charge in [-0.2, -0.15) is 0 Å². The van der Waals surface area contributed by atoms with Crippen LogP contribution in [-0.4, -0.2) is 10.9 Å². The Bertz CT molecular complexity index is 982. The summed E-state index contributed by atoms with van der Waals surface area (Å²) in [5.74, 6) is 2.21. The fraction of sp³-hybridized carbons (Fsp3) is 0.250. The molecule has 0 aliphatic carbocycles. The van der Waals surface area contributed by atoms with Crippen LogP contribution >= 0.6 is 0 Å². The quantitative estimate of drug-likeness (QED) is 0.603. The molecule has 0 bridgehead atoms. The summed E-state index contributed by atoms with van der Waals surface area (Å²) in [6.07, 6.45) is 0.970. The summed E-state index contributed by atoms with van der Waals surface area (Å²) in [6, 6.07) is 19.3. The van der Waals surface area contributed by atoms with Crippen LogP contribution in [0.3, 0.4) is 0 Å². The number of anilines is 1. The average molecular weight is 389 g/mol. The number of carbonyl (C=O) groups is 1. The number of hydrogen-bond acceptors (Lipinski definition) is 4. The molecule has 0 fully saturated rings. The number of nitrogens with zero attached hydrogens (tertiary/aromatic N) is 1. The number of nitrogen functional groups attached to an aromatic ring is 1. The van der Waals surface area contributed by atoms with E-state index < -0.39 is 0 Å². The largest absolute Gasteiger partial charge is 0.457 e. The standard InChI is InChI=1S/C24H27N3O2/c1-16(2)14-19-6-4-5-7-22(19)29-20-11-9-18(10-12-20)15-26-24(28)21-13-8-17(3)27-23(21)25/h4-13,16H,14-15H2,1-3H3,(H2,25,27)(H,26,28). The summed E-state index contributed by atoms with van der Waals surface area (Å²) in [7, 11) is 0. The van der Waals surface area contributed by atoms with Crippen molar-refractivity contribution in [2.45, 2.75) is 33.7 Å². The van der Waals surface area contributed by atoms with Gasteiger partial charge in [0.2, 0.25) is 0 Å². The number of pyridine rings is 1. The Kier molecular flexibility index (Phi) is 6.50. The monoisotopic (exact) mass is 389 g/mol. The third-order valence-corrected chi connectivity index (χ3v) is 4.51. The van der Waals surface area contributed by atoms with Crippen LogP contribution in [0.4, 0.5) is 5.82 Å². The summed E-state index contributed by atoms with van der Waals surface area (Å²) < 4.78 is 6.08. The summed E-state index contributed by atoms with van der Waals surface area (Å²) in [4.78, 5) is 16.5. The summed E-state index contributed by atoms with van der Waals surface area (Å²) in [5.41, 5.74) is 9.18. The van der Waals surface area contributed by atoms with Gasteiger partial charge in [0.15, 0.2) is 0 Å². The fourth-order valence-electron chi connectivity index (χ4n) is 3.06. The summed E-state index contributed by atoms with van der Waals surface area (Å²) in [5, 5.41) is 2.88. The van der Waals surface area contributed by atoms with Crippen molar-refractivity contribution in [3.63, 3.8) is 0 Å². The van der Waals surface area contributed by atoms with Crippen LogP contribution in [0.2, 0.25) is 0 Å². The van der Waals surface area contributed by atoms with Crippen LogP contribution in [0.15, 0.2) is 60.7 Å². The minimum Gasteiger partial charge on any atom is -0.457 e. The van der Waals surface area contributed by atoms with Gasteiger partial charge in [0.1, 0.15) is 17.3 Å². The van der Waals surface area contributed by atoms with Crippen LogP contribution in [0.5, 0.6) is 11.5 Å². The first kappa shape index (κ1) is 20.4. The molecule has 0 atom stereocenters. The van der Waals surface area contributed by atoms with Crippen LogP contribution in [0, 0.1) is 12.8 Å². The molecule has 0 saturated carbocycles. The van der Waals surface area contributed by atoms with E-state index in [1.54, 1.807) is 12.1 Å². The van der Waals surface area contributed by atoms with Gasteiger partial charge in [-0.1, -0.05) is 44.2 Å².